The summed E-state index contributed by atoms with van der Waals surface area (Å²) in [5.41, 5.74) is 0.123. The molecular weight excluding hydrogens is 267 g/mol. The lowest BCUT2D eigenvalue weighted by molar-refractivity contribution is -0.143. The first-order valence-electron chi connectivity index (χ1n) is 6.13. The molecular formula is C13H17FN2O4. The molecule has 0 aliphatic heterocycles. The number of aromatic nitrogens is 1. The second-order valence-corrected chi connectivity index (χ2v) is 3.89. The van der Waals surface area contributed by atoms with Crippen molar-refractivity contribution in [2.24, 2.45) is 0 Å². The molecule has 6 nitrogen and oxygen atoms in total. The van der Waals surface area contributed by atoms with Gasteiger partial charge in [0.2, 0.25) is 5.95 Å². The molecule has 0 spiro atoms. The van der Waals surface area contributed by atoms with Crippen LogP contribution in [0.25, 0.3) is 0 Å². The van der Waals surface area contributed by atoms with Crippen molar-refractivity contribution in [2.75, 3.05) is 33.4 Å². The molecule has 0 aliphatic rings. The summed E-state index contributed by atoms with van der Waals surface area (Å²) in [6.45, 7) is 2.17. The lowest BCUT2D eigenvalue weighted by atomic mass is 10.2. The Hall–Kier alpha value is -2.02. The minimum Gasteiger partial charge on any atom is -0.465 e. The number of esters is 1. The predicted molar refractivity (Wildman–Crippen MR) is 68.6 cm³/mol. The molecule has 0 aliphatic carbocycles. The Morgan fingerprint density at radius 2 is 2.20 bits per heavy atom. The maximum atomic E-state index is 13.0. The highest BCUT2D eigenvalue weighted by atomic mass is 19.1. The smallest absolute Gasteiger partial charge is 0.325 e. The van der Waals surface area contributed by atoms with Crippen molar-refractivity contribution >= 4 is 11.9 Å². The zero-order valence-corrected chi connectivity index (χ0v) is 11.5. The van der Waals surface area contributed by atoms with Crippen LogP contribution < -0.4 is 0 Å². The fourth-order valence-corrected chi connectivity index (χ4v) is 1.53. The Bertz CT molecular complexity index is 467. The third-order valence-electron chi connectivity index (χ3n) is 2.45. The predicted octanol–water partition coefficient (Wildman–Crippen LogP) is 0.872. The van der Waals surface area contributed by atoms with Gasteiger partial charge >= 0.3 is 5.97 Å². The monoisotopic (exact) mass is 284 g/mol. The number of methoxy groups -OCH3 is 1. The molecule has 7 heteroatoms. The van der Waals surface area contributed by atoms with Gasteiger partial charge in [0.15, 0.2) is 0 Å². The average molecular weight is 284 g/mol. The lowest BCUT2D eigenvalue weighted by Gasteiger charge is -2.21. The standard InChI is InChI=1S/C13H17FN2O4/c1-3-20-12(17)9-16(6-7-19-2)13(18)10-4-5-15-11(14)8-10/h4-5,8H,3,6-7,9H2,1-2H3. The first kappa shape index (κ1) is 16.0. The van der Waals surface area contributed by atoms with E-state index in [-0.39, 0.29) is 31.9 Å². The van der Waals surface area contributed by atoms with Gasteiger partial charge in [0.05, 0.1) is 13.2 Å². The van der Waals surface area contributed by atoms with Crippen LogP contribution in [-0.2, 0) is 14.3 Å². The first-order valence-corrected chi connectivity index (χ1v) is 6.13. The number of amides is 1. The van der Waals surface area contributed by atoms with E-state index in [0.29, 0.717) is 0 Å². The van der Waals surface area contributed by atoms with Gasteiger partial charge in [0.1, 0.15) is 6.54 Å². The van der Waals surface area contributed by atoms with Crippen molar-refractivity contribution < 1.29 is 23.5 Å². The highest BCUT2D eigenvalue weighted by Crippen LogP contribution is 2.06. The van der Waals surface area contributed by atoms with Gasteiger partial charge in [0, 0.05) is 31.5 Å². The van der Waals surface area contributed by atoms with Crippen LogP contribution in [0.2, 0.25) is 0 Å². The molecule has 0 fully saturated rings. The molecule has 0 radical (unpaired) electrons. The van der Waals surface area contributed by atoms with Crippen molar-refractivity contribution in [1.82, 2.24) is 9.88 Å². The molecule has 0 aromatic carbocycles. The minimum atomic E-state index is -0.751. The van der Waals surface area contributed by atoms with E-state index in [1.807, 2.05) is 0 Å². The molecule has 0 N–H and O–H groups in total. The summed E-state index contributed by atoms with van der Waals surface area (Å²) in [7, 11) is 1.49. The summed E-state index contributed by atoms with van der Waals surface area (Å²) in [5.74, 6) is -1.75. The third kappa shape index (κ3) is 4.93. The van der Waals surface area contributed by atoms with Crippen molar-refractivity contribution in [2.45, 2.75) is 6.92 Å². The second-order valence-electron chi connectivity index (χ2n) is 3.89. The molecule has 0 atom stereocenters. The van der Waals surface area contributed by atoms with E-state index < -0.39 is 17.8 Å². The molecule has 0 saturated heterocycles. The molecule has 1 heterocycles. The minimum absolute atomic E-state index is 0.123. The van der Waals surface area contributed by atoms with Gasteiger partial charge < -0.3 is 14.4 Å². The van der Waals surface area contributed by atoms with Crippen molar-refractivity contribution in [1.29, 1.82) is 0 Å². The number of hydrogen-bond donors (Lipinski definition) is 0. The van der Waals surface area contributed by atoms with Gasteiger partial charge in [-0.15, -0.1) is 0 Å². The van der Waals surface area contributed by atoms with Crippen molar-refractivity contribution in [3.8, 4) is 0 Å². The van der Waals surface area contributed by atoms with Crippen molar-refractivity contribution in [3.05, 3.63) is 29.8 Å². The SMILES string of the molecule is CCOC(=O)CN(CCOC)C(=O)c1ccnc(F)c1. The molecule has 1 aromatic heterocycles. The van der Waals surface area contributed by atoms with Gasteiger partial charge in [-0.05, 0) is 13.0 Å². The molecule has 0 saturated carbocycles. The number of carbonyl (C=O) groups excluding carboxylic acids is 2. The van der Waals surface area contributed by atoms with Crippen LogP contribution in [0, 0.1) is 5.95 Å². The molecule has 0 unspecified atom stereocenters. The van der Waals surface area contributed by atoms with Gasteiger partial charge in [-0.1, -0.05) is 0 Å². The summed E-state index contributed by atoms with van der Waals surface area (Å²) >= 11 is 0. The van der Waals surface area contributed by atoms with Crippen molar-refractivity contribution in [3.63, 3.8) is 0 Å². The number of ether oxygens (including phenoxy) is 2. The highest BCUT2D eigenvalue weighted by molar-refractivity contribution is 5.95. The second kappa shape index (κ2) is 8.21. The maximum absolute atomic E-state index is 13.0. The fraction of sp³-hybridized carbons (Fsp3) is 0.462. The van der Waals surface area contributed by atoms with E-state index in [1.165, 1.54) is 24.3 Å². The van der Waals surface area contributed by atoms with Crippen LogP contribution in [0.3, 0.4) is 0 Å². The van der Waals surface area contributed by atoms with E-state index in [2.05, 4.69) is 4.98 Å². The topological polar surface area (TPSA) is 68.7 Å². The Morgan fingerprint density at radius 1 is 1.45 bits per heavy atom. The van der Waals surface area contributed by atoms with Gasteiger partial charge in [-0.2, -0.15) is 4.39 Å². The third-order valence-corrected chi connectivity index (χ3v) is 2.45. The molecule has 20 heavy (non-hydrogen) atoms. The van der Waals surface area contributed by atoms with Crippen LogP contribution in [0.5, 0.6) is 0 Å². The van der Waals surface area contributed by atoms with Crippen LogP contribution in [0.4, 0.5) is 4.39 Å². The van der Waals surface area contributed by atoms with Crippen LogP contribution in [-0.4, -0.2) is 55.2 Å². The van der Waals surface area contributed by atoms with E-state index in [1.54, 1.807) is 6.92 Å². The molecule has 1 rings (SSSR count). The quantitative estimate of drug-likeness (QED) is 0.549. The van der Waals surface area contributed by atoms with Gasteiger partial charge in [-0.3, -0.25) is 9.59 Å². The maximum Gasteiger partial charge on any atom is 0.325 e. The summed E-state index contributed by atoms with van der Waals surface area (Å²) < 4.78 is 22.7. The number of halogens is 1. The number of hydrogen-bond acceptors (Lipinski definition) is 5. The Labute approximate surface area is 116 Å². The number of pyridine rings is 1. The molecule has 1 amide bonds. The number of carbonyl (C=O) groups is 2. The zero-order chi connectivity index (χ0) is 15.0. The van der Waals surface area contributed by atoms with Crippen LogP contribution in [0.15, 0.2) is 18.3 Å². The largest absolute Gasteiger partial charge is 0.465 e. The van der Waals surface area contributed by atoms with Crippen LogP contribution >= 0.6 is 0 Å². The lowest BCUT2D eigenvalue weighted by Crippen LogP contribution is -2.38. The zero-order valence-electron chi connectivity index (χ0n) is 11.5. The van der Waals surface area contributed by atoms with Gasteiger partial charge in [-0.25, -0.2) is 4.98 Å². The first-order chi connectivity index (χ1) is 9.58. The summed E-state index contributed by atoms with van der Waals surface area (Å²) in [6.07, 6.45) is 1.20. The molecule has 1 aromatic rings. The number of rotatable bonds is 7. The average Bonchev–Trinajstić information content (AvgIpc) is 2.43. The van der Waals surface area contributed by atoms with E-state index in [9.17, 15) is 14.0 Å². The Kier molecular flexibility index (Phi) is 6.58. The Balaban J connectivity index is 2.80. The summed E-state index contributed by atoms with van der Waals surface area (Å²) in [5, 5.41) is 0. The van der Waals surface area contributed by atoms with E-state index >= 15 is 0 Å². The molecule has 110 valence electrons. The highest BCUT2D eigenvalue weighted by Gasteiger charge is 2.19. The van der Waals surface area contributed by atoms with Crippen LogP contribution in [0.1, 0.15) is 17.3 Å². The summed E-state index contributed by atoms with van der Waals surface area (Å²) in [6, 6.07) is 2.41. The molecule has 0 bridgehead atoms. The fourth-order valence-electron chi connectivity index (χ4n) is 1.53. The van der Waals surface area contributed by atoms with E-state index in [0.717, 1.165) is 6.07 Å². The Morgan fingerprint density at radius 3 is 2.80 bits per heavy atom. The normalized spacial score (nSPS) is 10.2. The van der Waals surface area contributed by atoms with Gasteiger partial charge in [0.25, 0.3) is 5.91 Å². The van der Waals surface area contributed by atoms with E-state index in [4.69, 9.17) is 9.47 Å². The number of nitrogens with zero attached hydrogens (tertiary/aromatic N) is 2. The summed E-state index contributed by atoms with van der Waals surface area (Å²) in [4.78, 5) is 28.3.